The van der Waals surface area contributed by atoms with Crippen molar-refractivity contribution >= 4 is 24.0 Å². The van der Waals surface area contributed by atoms with E-state index < -0.39 is 0 Å². The van der Waals surface area contributed by atoms with Crippen LogP contribution in [0.3, 0.4) is 0 Å². The number of aryl methyl sites for hydroxylation is 1. The molecule has 0 aliphatic carbocycles. The number of rotatable bonds is 5. The van der Waals surface area contributed by atoms with Crippen LogP contribution < -0.4 is 15.4 Å². The highest BCUT2D eigenvalue weighted by atomic mass is 35.5. The number of halogens is 1. The zero-order valence-corrected chi connectivity index (χ0v) is 13.7. The summed E-state index contributed by atoms with van der Waals surface area (Å²) in [6.07, 6.45) is 1.58. The molecule has 0 bridgehead atoms. The third kappa shape index (κ3) is 4.72. The summed E-state index contributed by atoms with van der Waals surface area (Å²) in [5, 5.41) is 5.52. The molecule has 2 aromatic rings. The van der Waals surface area contributed by atoms with E-state index in [1.54, 1.807) is 25.4 Å². The van der Waals surface area contributed by atoms with Crippen molar-refractivity contribution in [3.8, 4) is 11.6 Å². The van der Waals surface area contributed by atoms with Gasteiger partial charge in [0, 0.05) is 6.07 Å². The molecule has 118 valence electrons. The van der Waals surface area contributed by atoms with Crippen molar-refractivity contribution in [2.24, 2.45) is 0 Å². The zero-order valence-electron chi connectivity index (χ0n) is 12.8. The molecule has 5 nitrogen and oxygen atoms in total. The van der Waals surface area contributed by atoms with E-state index in [2.05, 4.69) is 15.6 Å². The largest absolute Gasteiger partial charge is 0.439 e. The summed E-state index contributed by atoms with van der Waals surface area (Å²) in [6.45, 7) is 4.31. The molecule has 0 atom stereocenters. The van der Waals surface area contributed by atoms with Gasteiger partial charge in [0.05, 0.1) is 18.4 Å². The van der Waals surface area contributed by atoms with Crippen LogP contribution in [-0.2, 0) is 4.79 Å². The SMILES string of the molecule is CNCC(=O)Nc1ccc(Oc2cccc(C)c2C)nc1.Cl. The summed E-state index contributed by atoms with van der Waals surface area (Å²) in [7, 11) is 1.72. The standard InChI is InChI=1S/C16H19N3O2.ClH/c1-11-5-4-6-14(12(11)2)21-16-8-7-13(9-18-16)19-15(20)10-17-3;/h4-9,17H,10H2,1-3H3,(H,19,20);1H. The highest BCUT2D eigenvalue weighted by Crippen LogP contribution is 2.25. The van der Waals surface area contributed by atoms with Crippen molar-refractivity contribution < 1.29 is 9.53 Å². The van der Waals surface area contributed by atoms with E-state index in [1.165, 1.54) is 5.56 Å². The first kappa shape index (κ1) is 17.9. The molecule has 1 aromatic carbocycles. The van der Waals surface area contributed by atoms with Crippen LogP contribution in [0.25, 0.3) is 0 Å². The lowest BCUT2D eigenvalue weighted by molar-refractivity contribution is -0.115. The monoisotopic (exact) mass is 321 g/mol. The highest BCUT2D eigenvalue weighted by Gasteiger charge is 2.05. The molecule has 0 radical (unpaired) electrons. The van der Waals surface area contributed by atoms with Crippen molar-refractivity contribution in [2.45, 2.75) is 13.8 Å². The summed E-state index contributed by atoms with van der Waals surface area (Å²) < 4.78 is 5.76. The van der Waals surface area contributed by atoms with Gasteiger partial charge < -0.3 is 15.4 Å². The Balaban J connectivity index is 0.00000242. The van der Waals surface area contributed by atoms with Gasteiger partial charge in [0.15, 0.2) is 0 Å². The number of ether oxygens (including phenoxy) is 1. The van der Waals surface area contributed by atoms with Gasteiger partial charge in [-0.05, 0) is 44.2 Å². The third-order valence-electron chi connectivity index (χ3n) is 3.13. The summed E-state index contributed by atoms with van der Waals surface area (Å²) in [5.41, 5.74) is 2.90. The highest BCUT2D eigenvalue weighted by molar-refractivity contribution is 5.92. The number of carbonyl (C=O) groups is 1. The summed E-state index contributed by atoms with van der Waals surface area (Å²) >= 11 is 0. The van der Waals surface area contributed by atoms with Crippen LogP contribution in [0.15, 0.2) is 36.5 Å². The molecule has 0 saturated carbocycles. The second-order valence-electron chi connectivity index (χ2n) is 4.76. The van der Waals surface area contributed by atoms with Gasteiger partial charge in [-0.2, -0.15) is 0 Å². The molecule has 1 heterocycles. The molecule has 6 heteroatoms. The van der Waals surface area contributed by atoms with Gasteiger partial charge in [0.2, 0.25) is 11.8 Å². The second kappa shape index (κ2) is 8.36. The molecule has 22 heavy (non-hydrogen) atoms. The quantitative estimate of drug-likeness (QED) is 0.888. The Morgan fingerprint density at radius 3 is 2.64 bits per heavy atom. The van der Waals surface area contributed by atoms with Gasteiger partial charge in [-0.15, -0.1) is 12.4 Å². The van der Waals surface area contributed by atoms with Crippen molar-refractivity contribution in [1.29, 1.82) is 0 Å². The van der Waals surface area contributed by atoms with Crippen LogP contribution in [0.5, 0.6) is 11.6 Å². The molecule has 0 aliphatic rings. The fourth-order valence-corrected chi connectivity index (χ4v) is 1.83. The number of anilines is 1. The lowest BCUT2D eigenvalue weighted by atomic mass is 10.1. The lowest BCUT2D eigenvalue weighted by Crippen LogP contribution is -2.25. The Bertz CT molecular complexity index is 630. The van der Waals surface area contributed by atoms with Gasteiger partial charge >= 0.3 is 0 Å². The Hall–Kier alpha value is -2.11. The number of amides is 1. The van der Waals surface area contributed by atoms with Crippen LogP contribution in [-0.4, -0.2) is 24.5 Å². The van der Waals surface area contributed by atoms with Crippen LogP contribution in [0.4, 0.5) is 5.69 Å². The zero-order chi connectivity index (χ0) is 15.2. The van der Waals surface area contributed by atoms with Crippen LogP contribution in [0.2, 0.25) is 0 Å². The summed E-state index contributed by atoms with van der Waals surface area (Å²) in [5.74, 6) is 1.17. The molecule has 0 saturated heterocycles. The summed E-state index contributed by atoms with van der Waals surface area (Å²) in [6, 6.07) is 9.39. The first-order valence-corrected chi connectivity index (χ1v) is 6.74. The maximum atomic E-state index is 11.4. The first-order valence-electron chi connectivity index (χ1n) is 6.74. The lowest BCUT2D eigenvalue weighted by Gasteiger charge is -2.10. The Kier molecular flexibility index (Phi) is 6.82. The van der Waals surface area contributed by atoms with Gasteiger partial charge in [-0.25, -0.2) is 4.98 Å². The Labute approximate surface area is 136 Å². The average Bonchev–Trinajstić information content (AvgIpc) is 2.46. The molecule has 2 rings (SSSR count). The third-order valence-corrected chi connectivity index (χ3v) is 3.13. The topological polar surface area (TPSA) is 63.2 Å². The molecule has 0 aliphatic heterocycles. The molecule has 2 N–H and O–H groups in total. The Morgan fingerprint density at radius 2 is 2.00 bits per heavy atom. The molecule has 0 spiro atoms. The fraction of sp³-hybridized carbons (Fsp3) is 0.250. The number of hydrogen-bond donors (Lipinski definition) is 2. The van der Waals surface area contributed by atoms with Crippen molar-refractivity contribution in [3.63, 3.8) is 0 Å². The number of benzene rings is 1. The predicted octanol–water partition coefficient (Wildman–Crippen LogP) is 3.07. The number of likely N-dealkylation sites (N-methyl/N-ethyl adjacent to an activating group) is 1. The van der Waals surface area contributed by atoms with E-state index in [9.17, 15) is 4.79 Å². The number of carbonyl (C=O) groups excluding carboxylic acids is 1. The fourth-order valence-electron chi connectivity index (χ4n) is 1.83. The van der Waals surface area contributed by atoms with E-state index in [0.717, 1.165) is 11.3 Å². The number of pyridine rings is 1. The maximum absolute atomic E-state index is 11.4. The van der Waals surface area contributed by atoms with E-state index >= 15 is 0 Å². The van der Waals surface area contributed by atoms with Crippen molar-refractivity contribution in [1.82, 2.24) is 10.3 Å². The normalized spacial score (nSPS) is 9.77. The number of nitrogens with one attached hydrogen (secondary N) is 2. The first-order chi connectivity index (χ1) is 10.1. The average molecular weight is 322 g/mol. The number of hydrogen-bond acceptors (Lipinski definition) is 4. The molecule has 1 amide bonds. The molecule has 1 aromatic heterocycles. The molecule has 0 fully saturated rings. The maximum Gasteiger partial charge on any atom is 0.238 e. The van der Waals surface area contributed by atoms with E-state index in [-0.39, 0.29) is 24.9 Å². The van der Waals surface area contributed by atoms with Gasteiger partial charge in [-0.3, -0.25) is 4.79 Å². The minimum atomic E-state index is -0.109. The van der Waals surface area contributed by atoms with Crippen molar-refractivity contribution in [3.05, 3.63) is 47.7 Å². The minimum Gasteiger partial charge on any atom is -0.439 e. The van der Waals surface area contributed by atoms with Gasteiger partial charge in [-0.1, -0.05) is 12.1 Å². The number of nitrogens with zero attached hydrogens (tertiary/aromatic N) is 1. The molecule has 0 unspecified atom stereocenters. The van der Waals surface area contributed by atoms with Crippen LogP contribution >= 0.6 is 12.4 Å². The van der Waals surface area contributed by atoms with Crippen LogP contribution in [0.1, 0.15) is 11.1 Å². The van der Waals surface area contributed by atoms with E-state index in [0.29, 0.717) is 11.6 Å². The Morgan fingerprint density at radius 1 is 1.23 bits per heavy atom. The van der Waals surface area contributed by atoms with E-state index in [1.807, 2.05) is 32.0 Å². The smallest absolute Gasteiger partial charge is 0.238 e. The van der Waals surface area contributed by atoms with Gasteiger partial charge in [0.1, 0.15) is 5.75 Å². The van der Waals surface area contributed by atoms with E-state index in [4.69, 9.17) is 4.74 Å². The molecular formula is C16H20ClN3O2. The van der Waals surface area contributed by atoms with Crippen molar-refractivity contribution in [2.75, 3.05) is 18.9 Å². The number of aromatic nitrogens is 1. The van der Waals surface area contributed by atoms with Gasteiger partial charge in [0.25, 0.3) is 0 Å². The molecular weight excluding hydrogens is 302 g/mol. The summed E-state index contributed by atoms with van der Waals surface area (Å²) in [4.78, 5) is 15.6. The second-order valence-corrected chi connectivity index (χ2v) is 4.76. The minimum absolute atomic E-state index is 0. The van der Waals surface area contributed by atoms with Crippen LogP contribution in [0, 0.1) is 13.8 Å². The predicted molar refractivity (Wildman–Crippen MR) is 90.0 cm³/mol.